The van der Waals surface area contributed by atoms with Crippen LogP contribution in [-0.4, -0.2) is 35.9 Å². The monoisotopic (exact) mass is 251 g/mol. The summed E-state index contributed by atoms with van der Waals surface area (Å²) >= 11 is 0. The predicted octanol–water partition coefficient (Wildman–Crippen LogP) is 1.55. The Morgan fingerprint density at radius 2 is 2.22 bits per heavy atom. The van der Waals surface area contributed by atoms with Gasteiger partial charge in [-0.05, 0) is 31.1 Å². The van der Waals surface area contributed by atoms with Crippen LogP contribution in [0.1, 0.15) is 37.9 Å². The molecule has 1 aromatic heterocycles. The summed E-state index contributed by atoms with van der Waals surface area (Å²) in [6.45, 7) is 2.80. The smallest absolute Gasteiger partial charge is 0.213 e. The molecule has 1 saturated heterocycles. The molecule has 1 aliphatic heterocycles. The fourth-order valence-electron chi connectivity index (χ4n) is 3.49. The van der Waals surface area contributed by atoms with E-state index >= 15 is 0 Å². The number of nitrogens with one attached hydrogen (secondary N) is 1. The van der Waals surface area contributed by atoms with Gasteiger partial charge in [-0.1, -0.05) is 11.6 Å². The molecule has 1 aromatic rings. The van der Waals surface area contributed by atoms with Crippen molar-refractivity contribution in [3.05, 3.63) is 12.2 Å². The normalized spacial score (nSPS) is 26.8. The Labute approximate surface area is 107 Å². The Morgan fingerprint density at radius 3 is 3.00 bits per heavy atom. The summed E-state index contributed by atoms with van der Waals surface area (Å²) < 4.78 is 10.2. The van der Waals surface area contributed by atoms with E-state index in [1.807, 2.05) is 0 Å². The summed E-state index contributed by atoms with van der Waals surface area (Å²) in [7, 11) is 0. The summed E-state index contributed by atoms with van der Waals surface area (Å²) in [6.07, 6.45) is 8.67. The van der Waals surface area contributed by atoms with Crippen LogP contribution in [0.2, 0.25) is 0 Å². The van der Waals surface area contributed by atoms with Crippen molar-refractivity contribution < 1.29 is 9.26 Å². The first kappa shape index (κ1) is 12.1. The van der Waals surface area contributed by atoms with Gasteiger partial charge in [-0.2, -0.15) is 4.98 Å². The van der Waals surface area contributed by atoms with Gasteiger partial charge in [0.2, 0.25) is 6.39 Å². The topological polar surface area (TPSA) is 60.2 Å². The minimum Gasteiger partial charge on any atom is -0.381 e. The summed E-state index contributed by atoms with van der Waals surface area (Å²) in [5, 5.41) is 7.54. The molecule has 0 amide bonds. The standard InChI is InChI=1S/C13H21N3O2/c1-2-11(13(4-1)5-8-17-9-6-13)14-7-3-12-15-10-18-16-12/h10-11,14H,1-9H2. The van der Waals surface area contributed by atoms with E-state index in [4.69, 9.17) is 9.26 Å². The highest BCUT2D eigenvalue weighted by Crippen LogP contribution is 2.45. The van der Waals surface area contributed by atoms with Crippen molar-refractivity contribution in [3.63, 3.8) is 0 Å². The lowest BCUT2D eigenvalue weighted by Gasteiger charge is -2.39. The first-order chi connectivity index (χ1) is 8.89. The molecule has 18 heavy (non-hydrogen) atoms. The summed E-state index contributed by atoms with van der Waals surface area (Å²) in [6, 6.07) is 0.647. The molecule has 1 unspecified atom stereocenters. The van der Waals surface area contributed by atoms with E-state index in [1.165, 1.54) is 38.5 Å². The average molecular weight is 251 g/mol. The zero-order valence-electron chi connectivity index (χ0n) is 10.7. The number of hydrogen-bond acceptors (Lipinski definition) is 5. The van der Waals surface area contributed by atoms with Crippen LogP contribution in [0.5, 0.6) is 0 Å². The Morgan fingerprint density at radius 1 is 1.33 bits per heavy atom. The molecule has 0 radical (unpaired) electrons. The zero-order chi connectivity index (χ0) is 12.3. The van der Waals surface area contributed by atoms with Gasteiger partial charge in [0.25, 0.3) is 0 Å². The molecule has 1 atom stereocenters. The molecule has 1 saturated carbocycles. The van der Waals surface area contributed by atoms with Gasteiger partial charge in [-0.15, -0.1) is 0 Å². The molecule has 5 nitrogen and oxygen atoms in total. The Bertz CT molecular complexity index is 360. The average Bonchev–Trinajstić information content (AvgIpc) is 3.02. The first-order valence-corrected chi connectivity index (χ1v) is 6.95. The summed E-state index contributed by atoms with van der Waals surface area (Å²) in [4.78, 5) is 4.05. The fraction of sp³-hybridized carbons (Fsp3) is 0.846. The number of nitrogens with zero attached hydrogens (tertiary/aromatic N) is 2. The van der Waals surface area contributed by atoms with E-state index < -0.39 is 0 Å². The Balaban J connectivity index is 1.52. The molecule has 2 aliphatic rings. The summed E-state index contributed by atoms with van der Waals surface area (Å²) in [5.74, 6) is 0.793. The highest BCUT2D eigenvalue weighted by Gasteiger charge is 2.43. The number of hydrogen-bond donors (Lipinski definition) is 1. The van der Waals surface area contributed by atoms with Crippen molar-refractivity contribution in [2.24, 2.45) is 5.41 Å². The zero-order valence-corrected chi connectivity index (χ0v) is 10.7. The largest absolute Gasteiger partial charge is 0.381 e. The van der Waals surface area contributed by atoms with E-state index in [1.54, 1.807) is 0 Å². The molecule has 2 fully saturated rings. The highest BCUT2D eigenvalue weighted by molar-refractivity contribution is 4.98. The van der Waals surface area contributed by atoms with Crippen LogP contribution in [-0.2, 0) is 11.2 Å². The van der Waals surface area contributed by atoms with Gasteiger partial charge in [-0.25, -0.2) is 0 Å². The number of aromatic nitrogens is 2. The highest BCUT2D eigenvalue weighted by atomic mass is 16.5. The van der Waals surface area contributed by atoms with Gasteiger partial charge in [0.05, 0.1) is 0 Å². The molecule has 5 heteroatoms. The molecule has 3 rings (SSSR count). The molecule has 0 bridgehead atoms. The molecular formula is C13H21N3O2. The predicted molar refractivity (Wildman–Crippen MR) is 66.1 cm³/mol. The first-order valence-electron chi connectivity index (χ1n) is 6.95. The van der Waals surface area contributed by atoms with E-state index in [0.717, 1.165) is 32.0 Å². The van der Waals surface area contributed by atoms with Crippen LogP contribution in [0.25, 0.3) is 0 Å². The van der Waals surface area contributed by atoms with Crippen molar-refractivity contribution >= 4 is 0 Å². The van der Waals surface area contributed by atoms with Gasteiger partial charge < -0.3 is 14.6 Å². The van der Waals surface area contributed by atoms with Crippen LogP contribution < -0.4 is 5.32 Å². The third kappa shape index (κ3) is 2.42. The van der Waals surface area contributed by atoms with Gasteiger partial charge in [0.1, 0.15) is 0 Å². The molecule has 0 aromatic carbocycles. The van der Waals surface area contributed by atoms with Gasteiger partial charge >= 0.3 is 0 Å². The third-order valence-corrected chi connectivity index (χ3v) is 4.54. The van der Waals surface area contributed by atoms with Crippen LogP contribution >= 0.6 is 0 Å². The van der Waals surface area contributed by atoms with E-state index in [0.29, 0.717) is 11.5 Å². The molecule has 1 N–H and O–H groups in total. The number of rotatable bonds is 4. The van der Waals surface area contributed by atoms with E-state index in [-0.39, 0.29) is 0 Å². The van der Waals surface area contributed by atoms with Gasteiger partial charge in [0, 0.05) is 32.2 Å². The lowest BCUT2D eigenvalue weighted by atomic mass is 9.75. The maximum atomic E-state index is 5.51. The van der Waals surface area contributed by atoms with Crippen LogP contribution in [0, 0.1) is 5.41 Å². The van der Waals surface area contributed by atoms with E-state index in [9.17, 15) is 0 Å². The molecule has 1 spiro atoms. The van der Waals surface area contributed by atoms with Crippen molar-refractivity contribution in [1.82, 2.24) is 15.5 Å². The van der Waals surface area contributed by atoms with Crippen LogP contribution in [0.15, 0.2) is 10.9 Å². The van der Waals surface area contributed by atoms with Crippen molar-refractivity contribution in [1.29, 1.82) is 0 Å². The third-order valence-electron chi connectivity index (χ3n) is 4.54. The number of ether oxygens (including phenoxy) is 1. The lowest BCUT2D eigenvalue weighted by Crippen LogP contribution is -2.45. The maximum absolute atomic E-state index is 5.51. The van der Waals surface area contributed by atoms with Crippen molar-refractivity contribution in [3.8, 4) is 0 Å². The maximum Gasteiger partial charge on any atom is 0.213 e. The van der Waals surface area contributed by atoms with Gasteiger partial charge in [0.15, 0.2) is 5.82 Å². The molecular weight excluding hydrogens is 230 g/mol. The Hall–Kier alpha value is -0.940. The SMILES string of the molecule is c1nc(CCNC2CCCC23CCOCC3)no1. The fourth-order valence-corrected chi connectivity index (χ4v) is 3.49. The molecule has 1 aliphatic carbocycles. The van der Waals surface area contributed by atoms with Crippen LogP contribution in [0.4, 0.5) is 0 Å². The Kier molecular flexibility index (Phi) is 3.61. The molecule has 100 valence electrons. The quantitative estimate of drug-likeness (QED) is 0.879. The second kappa shape index (κ2) is 5.36. The second-order valence-electron chi connectivity index (χ2n) is 5.47. The van der Waals surface area contributed by atoms with Crippen molar-refractivity contribution in [2.45, 2.75) is 44.6 Å². The van der Waals surface area contributed by atoms with Crippen LogP contribution in [0.3, 0.4) is 0 Å². The minimum absolute atomic E-state index is 0.496. The van der Waals surface area contributed by atoms with Crippen molar-refractivity contribution in [2.75, 3.05) is 19.8 Å². The minimum atomic E-state index is 0.496. The second-order valence-corrected chi connectivity index (χ2v) is 5.47. The van der Waals surface area contributed by atoms with Gasteiger partial charge in [-0.3, -0.25) is 0 Å². The summed E-state index contributed by atoms with van der Waals surface area (Å²) in [5.41, 5.74) is 0.496. The molecule has 2 heterocycles. The van der Waals surface area contributed by atoms with E-state index in [2.05, 4.69) is 15.5 Å². The lowest BCUT2D eigenvalue weighted by molar-refractivity contribution is 0.00454.